The predicted octanol–water partition coefficient (Wildman–Crippen LogP) is 12.2. The molecule has 0 atom stereocenters. The van der Waals surface area contributed by atoms with Crippen molar-refractivity contribution < 1.29 is 0 Å². The van der Waals surface area contributed by atoms with Crippen LogP contribution in [0.4, 0.5) is 0 Å². The lowest BCUT2D eigenvalue weighted by molar-refractivity contribution is 0.661. The first-order chi connectivity index (χ1) is 25.0. The molecule has 0 saturated carbocycles. The highest BCUT2D eigenvalue weighted by Gasteiger charge is 2.38. The molecule has 1 heterocycles. The largest absolute Gasteiger partial charge is 0.208 e. The molecule has 1 aliphatic carbocycles. The molecule has 7 aromatic carbocycles. The van der Waals surface area contributed by atoms with E-state index in [1.807, 2.05) is 12.1 Å². The molecule has 0 bridgehead atoms. The molecule has 0 N–H and O–H groups in total. The summed E-state index contributed by atoms with van der Waals surface area (Å²) in [6.07, 6.45) is 0. The van der Waals surface area contributed by atoms with E-state index in [0.29, 0.717) is 17.5 Å². The van der Waals surface area contributed by atoms with Gasteiger partial charge in [-0.3, -0.25) is 0 Å². The van der Waals surface area contributed by atoms with Crippen LogP contribution in [0, 0.1) is 0 Å². The van der Waals surface area contributed by atoms with E-state index in [1.54, 1.807) is 0 Å². The highest BCUT2D eigenvalue weighted by Crippen LogP contribution is 2.52. The van der Waals surface area contributed by atoms with Gasteiger partial charge in [-0.15, -0.1) is 0 Å². The van der Waals surface area contributed by atoms with Crippen LogP contribution in [-0.2, 0) is 5.41 Å². The summed E-state index contributed by atoms with van der Waals surface area (Å²) < 4.78 is 0. The highest BCUT2D eigenvalue weighted by molar-refractivity contribution is 5.89. The van der Waals surface area contributed by atoms with Crippen LogP contribution in [-0.4, -0.2) is 15.0 Å². The Balaban J connectivity index is 1.22. The van der Waals surface area contributed by atoms with E-state index in [0.717, 1.165) is 38.9 Å². The maximum absolute atomic E-state index is 5.26. The molecule has 0 spiro atoms. The van der Waals surface area contributed by atoms with Crippen molar-refractivity contribution in [1.29, 1.82) is 0 Å². The number of nitrogens with zero attached hydrogens (tertiary/aromatic N) is 3. The van der Waals surface area contributed by atoms with Crippen LogP contribution >= 0.6 is 0 Å². The highest BCUT2D eigenvalue weighted by atomic mass is 15.0. The first-order valence-corrected chi connectivity index (χ1v) is 17.4. The quantitative estimate of drug-likeness (QED) is 0.179. The van der Waals surface area contributed by atoms with E-state index in [1.165, 1.54) is 33.4 Å². The standard InChI is InChI=1S/C48H35N3/c1-48(2)43-31-37(34-19-10-5-11-20-34)27-28-40(43)41-25-14-26-42(44(41)48)47-50-45(38-23-12-21-35(29-38)32-15-6-3-7-16-32)49-46(51-47)39-24-13-22-36(30-39)33-17-8-4-9-18-33/h3-31H,1-2H3. The first-order valence-electron chi connectivity index (χ1n) is 17.4. The minimum Gasteiger partial charge on any atom is -0.208 e. The summed E-state index contributed by atoms with van der Waals surface area (Å²) in [5, 5.41) is 0. The number of hydrogen-bond donors (Lipinski definition) is 0. The average Bonchev–Trinajstić information content (AvgIpc) is 3.44. The van der Waals surface area contributed by atoms with E-state index in [2.05, 4.69) is 178 Å². The van der Waals surface area contributed by atoms with Gasteiger partial charge in [-0.2, -0.15) is 0 Å². The molecule has 3 heteroatoms. The zero-order valence-corrected chi connectivity index (χ0v) is 28.6. The molecular formula is C48H35N3. The van der Waals surface area contributed by atoms with Crippen LogP contribution in [0.15, 0.2) is 176 Å². The molecule has 0 fully saturated rings. The van der Waals surface area contributed by atoms with Crippen LogP contribution in [0.5, 0.6) is 0 Å². The zero-order valence-electron chi connectivity index (χ0n) is 28.6. The van der Waals surface area contributed by atoms with Crippen molar-refractivity contribution in [3.05, 3.63) is 187 Å². The lowest BCUT2D eigenvalue weighted by Crippen LogP contribution is -2.17. The maximum Gasteiger partial charge on any atom is 0.164 e. The molecular weight excluding hydrogens is 619 g/mol. The summed E-state index contributed by atoms with van der Waals surface area (Å²) in [5.41, 5.74) is 14.7. The second-order valence-corrected chi connectivity index (χ2v) is 13.7. The molecule has 51 heavy (non-hydrogen) atoms. The van der Waals surface area contributed by atoms with Gasteiger partial charge in [0, 0.05) is 22.1 Å². The van der Waals surface area contributed by atoms with Gasteiger partial charge >= 0.3 is 0 Å². The number of hydrogen-bond acceptors (Lipinski definition) is 3. The van der Waals surface area contributed by atoms with Crippen molar-refractivity contribution in [2.24, 2.45) is 0 Å². The SMILES string of the molecule is CC1(C)c2cc(-c3ccccc3)ccc2-c2cccc(-c3nc(-c4cccc(-c5ccccc5)c4)nc(-c4cccc(-c5ccccc5)c4)n3)c21. The van der Waals surface area contributed by atoms with Crippen molar-refractivity contribution >= 4 is 0 Å². The number of aromatic nitrogens is 3. The van der Waals surface area contributed by atoms with Crippen LogP contribution < -0.4 is 0 Å². The van der Waals surface area contributed by atoms with Crippen LogP contribution in [0.1, 0.15) is 25.0 Å². The van der Waals surface area contributed by atoms with Gasteiger partial charge in [0.25, 0.3) is 0 Å². The van der Waals surface area contributed by atoms with Crippen LogP contribution in [0.3, 0.4) is 0 Å². The van der Waals surface area contributed by atoms with Crippen molar-refractivity contribution in [3.8, 4) is 78.7 Å². The van der Waals surface area contributed by atoms with Crippen LogP contribution in [0.25, 0.3) is 78.7 Å². The molecule has 1 aromatic heterocycles. The number of benzene rings is 7. The Hall–Kier alpha value is -6.45. The fourth-order valence-electron chi connectivity index (χ4n) is 7.57. The molecule has 3 nitrogen and oxygen atoms in total. The van der Waals surface area contributed by atoms with Crippen molar-refractivity contribution in [2.75, 3.05) is 0 Å². The van der Waals surface area contributed by atoms with E-state index in [-0.39, 0.29) is 5.41 Å². The minimum absolute atomic E-state index is 0.278. The monoisotopic (exact) mass is 653 g/mol. The van der Waals surface area contributed by atoms with Gasteiger partial charge in [0.2, 0.25) is 0 Å². The number of rotatable bonds is 6. The second-order valence-electron chi connectivity index (χ2n) is 13.7. The summed E-state index contributed by atoms with van der Waals surface area (Å²) in [6.45, 7) is 4.65. The summed E-state index contributed by atoms with van der Waals surface area (Å²) >= 11 is 0. The summed E-state index contributed by atoms with van der Waals surface area (Å²) in [6, 6.07) is 61.9. The average molecular weight is 654 g/mol. The molecule has 1 aliphatic rings. The summed E-state index contributed by atoms with van der Waals surface area (Å²) in [5.74, 6) is 1.97. The third-order valence-electron chi connectivity index (χ3n) is 10.1. The van der Waals surface area contributed by atoms with Gasteiger partial charge in [0.1, 0.15) is 0 Å². The Morgan fingerprint density at radius 2 is 0.725 bits per heavy atom. The smallest absolute Gasteiger partial charge is 0.164 e. The van der Waals surface area contributed by atoms with Crippen LogP contribution in [0.2, 0.25) is 0 Å². The summed E-state index contributed by atoms with van der Waals surface area (Å²) in [4.78, 5) is 15.7. The summed E-state index contributed by atoms with van der Waals surface area (Å²) in [7, 11) is 0. The van der Waals surface area contributed by atoms with Gasteiger partial charge in [-0.05, 0) is 73.8 Å². The molecule has 8 aromatic rings. The molecule has 0 amide bonds. The molecule has 0 unspecified atom stereocenters. The van der Waals surface area contributed by atoms with Crippen molar-refractivity contribution in [3.63, 3.8) is 0 Å². The molecule has 242 valence electrons. The molecule has 9 rings (SSSR count). The topological polar surface area (TPSA) is 38.7 Å². The lowest BCUT2D eigenvalue weighted by Gasteiger charge is -2.24. The Kier molecular flexibility index (Phi) is 7.48. The fraction of sp³-hybridized carbons (Fsp3) is 0.0625. The van der Waals surface area contributed by atoms with Crippen molar-refractivity contribution in [1.82, 2.24) is 15.0 Å². The van der Waals surface area contributed by atoms with E-state index < -0.39 is 0 Å². The van der Waals surface area contributed by atoms with E-state index in [9.17, 15) is 0 Å². The normalized spacial score (nSPS) is 12.7. The lowest BCUT2D eigenvalue weighted by atomic mass is 9.79. The second kappa shape index (κ2) is 12.5. The Bertz CT molecular complexity index is 2440. The Labute approximate surface area is 299 Å². The Morgan fingerprint density at radius 1 is 0.314 bits per heavy atom. The Morgan fingerprint density at radius 3 is 1.25 bits per heavy atom. The van der Waals surface area contributed by atoms with Gasteiger partial charge in [-0.25, -0.2) is 15.0 Å². The van der Waals surface area contributed by atoms with Gasteiger partial charge in [0.15, 0.2) is 17.5 Å². The molecule has 0 saturated heterocycles. The first kappa shape index (κ1) is 30.6. The third-order valence-corrected chi connectivity index (χ3v) is 10.1. The van der Waals surface area contributed by atoms with Crippen molar-refractivity contribution in [2.45, 2.75) is 19.3 Å². The van der Waals surface area contributed by atoms with Gasteiger partial charge in [0.05, 0.1) is 0 Å². The maximum atomic E-state index is 5.26. The zero-order chi connectivity index (χ0) is 34.4. The minimum atomic E-state index is -0.278. The molecule has 0 aliphatic heterocycles. The number of fused-ring (bicyclic) bond motifs is 3. The third kappa shape index (κ3) is 5.53. The predicted molar refractivity (Wildman–Crippen MR) is 210 cm³/mol. The fourth-order valence-corrected chi connectivity index (χ4v) is 7.57. The van der Waals surface area contributed by atoms with E-state index in [4.69, 9.17) is 15.0 Å². The van der Waals surface area contributed by atoms with E-state index >= 15 is 0 Å². The van der Waals surface area contributed by atoms with Gasteiger partial charge in [-0.1, -0.05) is 172 Å². The molecule has 0 radical (unpaired) electrons. The van der Waals surface area contributed by atoms with Gasteiger partial charge < -0.3 is 0 Å².